The number of furan rings is 1. The number of amides is 3. The van der Waals surface area contributed by atoms with Crippen molar-refractivity contribution >= 4 is 46.2 Å². The number of rotatable bonds is 6. The highest BCUT2D eigenvalue weighted by Crippen LogP contribution is 2.32. The van der Waals surface area contributed by atoms with E-state index in [2.05, 4.69) is 10.3 Å². The minimum atomic E-state index is -0.369. The number of benzene rings is 1. The molecule has 4 rings (SSSR count). The zero-order valence-electron chi connectivity index (χ0n) is 16.0. The van der Waals surface area contributed by atoms with E-state index in [0.29, 0.717) is 15.7 Å². The Hall–Kier alpha value is -3.17. The molecule has 30 heavy (non-hydrogen) atoms. The summed E-state index contributed by atoms with van der Waals surface area (Å²) < 4.78 is 5.27. The fourth-order valence-electron chi connectivity index (χ4n) is 2.77. The number of nitrogens with zero attached hydrogens (tertiary/aromatic N) is 2. The van der Waals surface area contributed by atoms with Gasteiger partial charge in [0.15, 0.2) is 10.8 Å². The van der Waals surface area contributed by atoms with Gasteiger partial charge in [-0.3, -0.25) is 19.3 Å². The molecule has 1 saturated heterocycles. The van der Waals surface area contributed by atoms with Crippen LogP contribution in [0.3, 0.4) is 0 Å². The van der Waals surface area contributed by atoms with Crippen molar-refractivity contribution in [1.29, 1.82) is 0 Å². The van der Waals surface area contributed by atoms with Gasteiger partial charge in [-0.15, -0.1) is 11.3 Å². The number of carbonyl (C=O) groups is 3. The predicted molar refractivity (Wildman–Crippen MR) is 116 cm³/mol. The lowest BCUT2D eigenvalue weighted by Crippen LogP contribution is -2.37. The molecule has 1 N–H and O–H groups in total. The molecule has 0 saturated carbocycles. The van der Waals surface area contributed by atoms with Crippen LogP contribution in [0.15, 0.2) is 57.4 Å². The van der Waals surface area contributed by atoms with E-state index < -0.39 is 0 Å². The zero-order chi connectivity index (χ0) is 21.1. The van der Waals surface area contributed by atoms with Gasteiger partial charge in [-0.2, -0.15) is 0 Å². The van der Waals surface area contributed by atoms with Crippen molar-refractivity contribution in [2.45, 2.75) is 6.92 Å². The first-order chi connectivity index (χ1) is 14.5. The summed E-state index contributed by atoms with van der Waals surface area (Å²) in [5.41, 5.74) is 2.24. The number of thiazole rings is 1. The fraction of sp³-hybridized carbons (Fsp3) is 0.143. The van der Waals surface area contributed by atoms with Crippen LogP contribution in [0, 0.1) is 6.92 Å². The van der Waals surface area contributed by atoms with E-state index in [0.717, 1.165) is 27.8 Å². The van der Waals surface area contributed by atoms with Gasteiger partial charge >= 0.3 is 0 Å². The first kappa shape index (κ1) is 20.1. The summed E-state index contributed by atoms with van der Waals surface area (Å²) in [4.78, 5) is 42.8. The highest BCUT2D eigenvalue weighted by Gasteiger charge is 2.34. The zero-order valence-corrected chi connectivity index (χ0v) is 17.6. The maximum absolute atomic E-state index is 12.5. The van der Waals surface area contributed by atoms with Crippen LogP contribution in [-0.2, 0) is 4.79 Å². The second-order valence-corrected chi connectivity index (χ2v) is 8.37. The maximum atomic E-state index is 12.5. The smallest absolute Gasteiger partial charge is 0.293 e. The molecule has 0 bridgehead atoms. The number of imide groups is 1. The third kappa shape index (κ3) is 4.37. The maximum Gasteiger partial charge on any atom is 0.293 e. The van der Waals surface area contributed by atoms with Gasteiger partial charge in [0.25, 0.3) is 17.1 Å². The minimum Gasteiger partial charge on any atom is -0.462 e. The van der Waals surface area contributed by atoms with Crippen molar-refractivity contribution in [3.8, 4) is 10.8 Å². The van der Waals surface area contributed by atoms with Gasteiger partial charge in [-0.1, -0.05) is 29.8 Å². The molecule has 1 fully saturated rings. The third-order valence-corrected chi connectivity index (χ3v) is 6.10. The van der Waals surface area contributed by atoms with Gasteiger partial charge in [0.2, 0.25) is 0 Å². The fourth-order valence-corrected chi connectivity index (χ4v) is 4.40. The van der Waals surface area contributed by atoms with Crippen molar-refractivity contribution < 1.29 is 18.8 Å². The average Bonchev–Trinajstić information content (AvgIpc) is 3.47. The van der Waals surface area contributed by atoms with E-state index in [9.17, 15) is 14.4 Å². The number of thioether (sulfide) groups is 1. The molecule has 3 amide bonds. The Morgan fingerprint density at radius 2 is 2.03 bits per heavy atom. The molecule has 9 heteroatoms. The average molecular weight is 440 g/mol. The minimum absolute atomic E-state index is 0.0941. The van der Waals surface area contributed by atoms with E-state index >= 15 is 0 Å². The van der Waals surface area contributed by atoms with Crippen molar-refractivity contribution in [1.82, 2.24) is 15.2 Å². The van der Waals surface area contributed by atoms with Gasteiger partial charge < -0.3 is 9.73 Å². The largest absolute Gasteiger partial charge is 0.462 e. The van der Waals surface area contributed by atoms with E-state index in [1.54, 1.807) is 29.9 Å². The highest BCUT2D eigenvalue weighted by molar-refractivity contribution is 8.18. The van der Waals surface area contributed by atoms with E-state index in [1.165, 1.54) is 11.3 Å². The standard InChI is InChI=1S/C21H17N3O4S2/c1-13-4-6-14(7-5-13)11-17-20(26)24(21(27)30-17)9-8-22-18(25)15-12-29-19(23-15)16-3-2-10-28-16/h2-7,10-12H,8-9H2,1H3,(H,22,25). The molecule has 152 valence electrons. The molecule has 7 nitrogen and oxygen atoms in total. The lowest BCUT2D eigenvalue weighted by Gasteiger charge is -2.12. The molecule has 0 radical (unpaired) electrons. The summed E-state index contributed by atoms with van der Waals surface area (Å²) in [6.45, 7) is 2.22. The molecule has 3 heterocycles. The molecule has 0 unspecified atom stereocenters. The number of nitrogens with one attached hydrogen (secondary N) is 1. The number of hydrogen-bond acceptors (Lipinski definition) is 7. The molecule has 0 spiro atoms. The Morgan fingerprint density at radius 1 is 1.23 bits per heavy atom. The molecule has 1 aliphatic rings. The van der Waals surface area contributed by atoms with Gasteiger partial charge in [0.1, 0.15) is 5.69 Å². The number of aryl methyl sites for hydroxylation is 1. The Bertz CT molecular complexity index is 1120. The van der Waals surface area contributed by atoms with Crippen LogP contribution in [0.2, 0.25) is 0 Å². The SMILES string of the molecule is Cc1ccc(C=C2SC(=O)N(CCNC(=O)c3csc(-c4ccco4)n3)C2=O)cc1. The summed E-state index contributed by atoms with van der Waals surface area (Å²) in [5.74, 6) is -0.128. The Labute approximate surface area is 180 Å². The number of carbonyl (C=O) groups excluding carboxylic acids is 3. The van der Waals surface area contributed by atoms with Crippen LogP contribution in [-0.4, -0.2) is 40.0 Å². The molecule has 1 aliphatic heterocycles. The van der Waals surface area contributed by atoms with Crippen molar-refractivity contribution in [2.24, 2.45) is 0 Å². The van der Waals surface area contributed by atoms with E-state index in [4.69, 9.17) is 4.42 Å². The number of hydrogen-bond donors (Lipinski definition) is 1. The lowest BCUT2D eigenvalue weighted by molar-refractivity contribution is -0.122. The Morgan fingerprint density at radius 3 is 2.77 bits per heavy atom. The molecular formula is C21H17N3O4S2. The van der Waals surface area contributed by atoms with E-state index in [1.807, 2.05) is 31.2 Å². The van der Waals surface area contributed by atoms with Crippen molar-refractivity contribution in [2.75, 3.05) is 13.1 Å². The predicted octanol–water partition coefficient (Wildman–Crippen LogP) is 4.18. The first-order valence-electron chi connectivity index (χ1n) is 9.11. The van der Waals surface area contributed by atoms with Gasteiger partial charge in [-0.05, 0) is 42.5 Å². The van der Waals surface area contributed by atoms with Crippen molar-refractivity contribution in [3.05, 3.63) is 69.8 Å². The quantitative estimate of drug-likeness (QED) is 0.580. The molecule has 0 atom stereocenters. The summed E-state index contributed by atoms with van der Waals surface area (Å²) >= 11 is 2.20. The van der Waals surface area contributed by atoms with Gasteiger partial charge in [0, 0.05) is 18.5 Å². The van der Waals surface area contributed by atoms with Crippen LogP contribution >= 0.6 is 23.1 Å². The van der Waals surface area contributed by atoms with Crippen LogP contribution in [0.4, 0.5) is 4.79 Å². The summed E-state index contributed by atoms with van der Waals surface area (Å²) in [5, 5.41) is 4.60. The number of aromatic nitrogens is 1. The molecule has 1 aromatic carbocycles. The van der Waals surface area contributed by atoms with E-state index in [-0.39, 0.29) is 35.8 Å². The Kier molecular flexibility index (Phi) is 5.82. The molecule has 3 aromatic rings. The normalized spacial score (nSPS) is 15.2. The van der Waals surface area contributed by atoms with Crippen molar-refractivity contribution in [3.63, 3.8) is 0 Å². The topological polar surface area (TPSA) is 92.5 Å². The molecule has 0 aliphatic carbocycles. The lowest BCUT2D eigenvalue weighted by atomic mass is 10.1. The summed E-state index contributed by atoms with van der Waals surface area (Å²) in [6.07, 6.45) is 3.24. The summed E-state index contributed by atoms with van der Waals surface area (Å²) in [6, 6.07) is 11.2. The summed E-state index contributed by atoms with van der Waals surface area (Å²) in [7, 11) is 0. The van der Waals surface area contributed by atoms with Crippen LogP contribution < -0.4 is 5.32 Å². The van der Waals surface area contributed by atoms with Gasteiger partial charge in [0.05, 0.1) is 11.2 Å². The third-order valence-electron chi connectivity index (χ3n) is 4.34. The van der Waals surface area contributed by atoms with Crippen LogP contribution in [0.25, 0.3) is 16.8 Å². The molecular weight excluding hydrogens is 422 g/mol. The second kappa shape index (κ2) is 8.68. The monoisotopic (exact) mass is 439 g/mol. The first-order valence-corrected chi connectivity index (χ1v) is 10.8. The Balaban J connectivity index is 1.33. The highest BCUT2D eigenvalue weighted by atomic mass is 32.2. The van der Waals surface area contributed by atoms with Crippen LogP contribution in [0.1, 0.15) is 21.6 Å². The second-order valence-electron chi connectivity index (χ2n) is 6.52. The van der Waals surface area contributed by atoms with Gasteiger partial charge in [-0.25, -0.2) is 4.98 Å². The molecule has 2 aromatic heterocycles. The van der Waals surface area contributed by atoms with Crippen LogP contribution in [0.5, 0.6) is 0 Å².